The molecule has 1 aromatic carbocycles. The first kappa shape index (κ1) is 10.8. The number of hydrazone groups is 1. The van der Waals surface area contributed by atoms with Crippen molar-refractivity contribution < 1.29 is 4.74 Å². The van der Waals surface area contributed by atoms with Crippen molar-refractivity contribution in [2.75, 3.05) is 38.2 Å². The number of benzene rings is 1. The van der Waals surface area contributed by atoms with E-state index in [1.165, 1.54) is 0 Å². The summed E-state index contributed by atoms with van der Waals surface area (Å²) in [5.74, 6) is 0.933. The van der Waals surface area contributed by atoms with Crippen molar-refractivity contribution in [3.63, 3.8) is 0 Å². The zero-order valence-corrected chi connectivity index (χ0v) is 9.59. The van der Waals surface area contributed by atoms with Crippen LogP contribution < -0.4 is 9.64 Å². The van der Waals surface area contributed by atoms with E-state index in [0.29, 0.717) is 0 Å². The lowest BCUT2D eigenvalue weighted by molar-refractivity contribution is 0.272. The van der Waals surface area contributed by atoms with Crippen LogP contribution >= 0.6 is 0 Å². The van der Waals surface area contributed by atoms with Crippen molar-refractivity contribution in [1.29, 1.82) is 0 Å². The van der Waals surface area contributed by atoms with Gasteiger partial charge in [0.2, 0.25) is 0 Å². The number of piperazine rings is 1. The van der Waals surface area contributed by atoms with E-state index >= 15 is 0 Å². The standard InChI is InChI=1S/C12H17N3O/c1-13-15-9-7-14(8-10-15)11-5-3-4-6-12(11)16-2/h3-6H,1,7-10H2,2H3. The van der Waals surface area contributed by atoms with Crippen LogP contribution in [0.15, 0.2) is 29.4 Å². The SMILES string of the molecule is C=NN1CCN(c2ccccc2OC)CC1. The van der Waals surface area contributed by atoms with Gasteiger partial charge in [0, 0.05) is 19.8 Å². The summed E-state index contributed by atoms with van der Waals surface area (Å²) in [4.78, 5) is 2.32. The second-order valence-corrected chi connectivity index (χ2v) is 3.75. The van der Waals surface area contributed by atoms with Gasteiger partial charge in [-0.1, -0.05) is 12.1 Å². The molecule has 16 heavy (non-hydrogen) atoms. The fourth-order valence-corrected chi connectivity index (χ4v) is 1.97. The average molecular weight is 219 g/mol. The van der Waals surface area contributed by atoms with Crippen molar-refractivity contribution in [2.45, 2.75) is 0 Å². The number of para-hydroxylation sites is 2. The van der Waals surface area contributed by atoms with E-state index < -0.39 is 0 Å². The Bertz CT molecular complexity index is 359. The summed E-state index contributed by atoms with van der Waals surface area (Å²) in [6.07, 6.45) is 0. The number of hydrogen-bond acceptors (Lipinski definition) is 4. The van der Waals surface area contributed by atoms with Crippen molar-refractivity contribution in [3.05, 3.63) is 24.3 Å². The van der Waals surface area contributed by atoms with Crippen LogP contribution in [-0.2, 0) is 0 Å². The molecule has 0 unspecified atom stereocenters. The Morgan fingerprint density at radius 2 is 1.88 bits per heavy atom. The molecule has 4 nitrogen and oxygen atoms in total. The van der Waals surface area contributed by atoms with Gasteiger partial charge < -0.3 is 9.64 Å². The molecule has 1 aromatic rings. The van der Waals surface area contributed by atoms with Gasteiger partial charge in [0.25, 0.3) is 0 Å². The Balaban J connectivity index is 2.10. The lowest BCUT2D eigenvalue weighted by Crippen LogP contribution is -2.44. The highest BCUT2D eigenvalue weighted by Gasteiger charge is 2.17. The molecule has 1 saturated heterocycles. The smallest absolute Gasteiger partial charge is 0.142 e. The van der Waals surface area contributed by atoms with Crippen molar-refractivity contribution in [3.8, 4) is 5.75 Å². The predicted octanol–water partition coefficient (Wildman–Crippen LogP) is 1.43. The first-order chi connectivity index (χ1) is 7.85. The second kappa shape index (κ2) is 4.88. The fraction of sp³-hybridized carbons (Fsp3) is 0.417. The number of ether oxygens (including phenoxy) is 1. The van der Waals surface area contributed by atoms with Gasteiger partial charge in [-0.15, -0.1) is 0 Å². The monoisotopic (exact) mass is 219 g/mol. The maximum atomic E-state index is 5.36. The highest BCUT2D eigenvalue weighted by Crippen LogP contribution is 2.28. The van der Waals surface area contributed by atoms with Crippen molar-refractivity contribution in [1.82, 2.24) is 5.01 Å². The van der Waals surface area contributed by atoms with Crippen molar-refractivity contribution >= 4 is 12.4 Å². The minimum Gasteiger partial charge on any atom is -0.495 e. The lowest BCUT2D eigenvalue weighted by Gasteiger charge is -2.34. The van der Waals surface area contributed by atoms with E-state index in [0.717, 1.165) is 37.6 Å². The van der Waals surface area contributed by atoms with Crippen LogP contribution in [0.2, 0.25) is 0 Å². The first-order valence-corrected chi connectivity index (χ1v) is 5.44. The molecule has 0 aliphatic carbocycles. The third kappa shape index (κ3) is 2.10. The molecule has 1 fully saturated rings. The highest BCUT2D eigenvalue weighted by atomic mass is 16.5. The Morgan fingerprint density at radius 1 is 1.19 bits per heavy atom. The van der Waals surface area contributed by atoms with E-state index in [4.69, 9.17) is 4.74 Å². The summed E-state index contributed by atoms with van der Waals surface area (Å²) in [6.45, 7) is 7.30. The molecular weight excluding hydrogens is 202 g/mol. The summed E-state index contributed by atoms with van der Waals surface area (Å²) in [6, 6.07) is 8.11. The Morgan fingerprint density at radius 3 is 2.50 bits per heavy atom. The molecule has 0 aromatic heterocycles. The molecule has 0 radical (unpaired) electrons. The minimum atomic E-state index is 0.918. The molecular formula is C12H17N3O. The molecule has 1 aliphatic heterocycles. The number of nitrogens with zero attached hydrogens (tertiary/aromatic N) is 3. The van der Waals surface area contributed by atoms with Crippen LogP contribution in [0, 0.1) is 0 Å². The molecule has 1 heterocycles. The summed E-state index contributed by atoms with van der Waals surface area (Å²) >= 11 is 0. The lowest BCUT2D eigenvalue weighted by atomic mass is 10.2. The Labute approximate surface area is 96.1 Å². The van der Waals surface area contributed by atoms with Gasteiger partial charge >= 0.3 is 0 Å². The second-order valence-electron chi connectivity index (χ2n) is 3.75. The van der Waals surface area contributed by atoms with Gasteiger partial charge in [0.1, 0.15) is 5.75 Å². The van der Waals surface area contributed by atoms with Crippen LogP contribution in [0.3, 0.4) is 0 Å². The number of anilines is 1. The summed E-state index contributed by atoms with van der Waals surface area (Å²) in [5.41, 5.74) is 1.16. The third-order valence-electron chi connectivity index (χ3n) is 2.88. The maximum Gasteiger partial charge on any atom is 0.142 e. The molecule has 0 atom stereocenters. The van der Waals surface area contributed by atoms with Crippen LogP contribution in [0.25, 0.3) is 0 Å². The first-order valence-electron chi connectivity index (χ1n) is 5.44. The van der Waals surface area contributed by atoms with Crippen LogP contribution in [0.1, 0.15) is 0 Å². The van der Waals surface area contributed by atoms with E-state index in [1.54, 1.807) is 7.11 Å². The number of hydrogen-bond donors (Lipinski definition) is 0. The predicted molar refractivity (Wildman–Crippen MR) is 66.3 cm³/mol. The molecule has 0 spiro atoms. The molecule has 2 rings (SSSR count). The van der Waals surface area contributed by atoms with Gasteiger partial charge in [0.15, 0.2) is 0 Å². The molecule has 0 saturated carbocycles. The van der Waals surface area contributed by atoms with E-state index in [1.807, 2.05) is 23.2 Å². The summed E-state index contributed by atoms with van der Waals surface area (Å²) in [5, 5.41) is 5.94. The topological polar surface area (TPSA) is 28.1 Å². The molecule has 0 N–H and O–H groups in total. The van der Waals surface area contributed by atoms with Crippen LogP contribution in [0.5, 0.6) is 5.75 Å². The molecule has 86 valence electrons. The average Bonchev–Trinajstić information content (AvgIpc) is 2.39. The van der Waals surface area contributed by atoms with Gasteiger partial charge in [0.05, 0.1) is 25.9 Å². The molecule has 0 bridgehead atoms. The zero-order valence-electron chi connectivity index (χ0n) is 9.59. The van der Waals surface area contributed by atoms with Gasteiger partial charge in [-0.05, 0) is 12.1 Å². The summed E-state index contributed by atoms with van der Waals surface area (Å²) in [7, 11) is 1.71. The van der Waals surface area contributed by atoms with Gasteiger partial charge in [-0.3, -0.25) is 5.01 Å². The Kier molecular flexibility index (Phi) is 3.29. The minimum absolute atomic E-state index is 0.918. The largest absolute Gasteiger partial charge is 0.495 e. The maximum absolute atomic E-state index is 5.36. The van der Waals surface area contributed by atoms with Crippen LogP contribution in [-0.4, -0.2) is 45.0 Å². The zero-order chi connectivity index (χ0) is 11.4. The van der Waals surface area contributed by atoms with Crippen molar-refractivity contribution in [2.24, 2.45) is 5.10 Å². The molecule has 1 aliphatic rings. The highest BCUT2D eigenvalue weighted by molar-refractivity contribution is 5.58. The van der Waals surface area contributed by atoms with Crippen LogP contribution in [0.4, 0.5) is 5.69 Å². The van der Waals surface area contributed by atoms with E-state index in [-0.39, 0.29) is 0 Å². The fourth-order valence-electron chi connectivity index (χ4n) is 1.97. The molecule has 4 heteroatoms. The molecule has 0 amide bonds. The summed E-state index contributed by atoms with van der Waals surface area (Å²) < 4.78 is 5.36. The van der Waals surface area contributed by atoms with Gasteiger partial charge in [-0.2, -0.15) is 5.10 Å². The quantitative estimate of drug-likeness (QED) is 0.720. The third-order valence-corrected chi connectivity index (χ3v) is 2.88. The number of rotatable bonds is 3. The van der Waals surface area contributed by atoms with E-state index in [2.05, 4.69) is 22.8 Å². The Hall–Kier alpha value is -1.71. The van der Waals surface area contributed by atoms with Gasteiger partial charge in [-0.25, -0.2) is 0 Å². The normalized spacial score (nSPS) is 16.1. The number of methoxy groups -OCH3 is 1. The van der Waals surface area contributed by atoms with E-state index in [9.17, 15) is 0 Å².